The van der Waals surface area contributed by atoms with Gasteiger partial charge in [0.1, 0.15) is 5.01 Å². The van der Waals surface area contributed by atoms with Gasteiger partial charge in [-0.25, -0.2) is 0 Å². The molecule has 0 amide bonds. The van der Waals surface area contributed by atoms with E-state index in [2.05, 4.69) is 10.2 Å². The lowest BCUT2D eigenvalue weighted by Gasteiger charge is -2.08. The number of rotatable bonds is 4. The van der Waals surface area contributed by atoms with Crippen LogP contribution in [-0.2, 0) is 0 Å². The van der Waals surface area contributed by atoms with Crippen LogP contribution in [0.1, 0.15) is 16.1 Å². The molecule has 0 aliphatic carbocycles. The van der Waals surface area contributed by atoms with Gasteiger partial charge < -0.3 is 15.6 Å². The zero-order valence-corrected chi connectivity index (χ0v) is 13.2. The highest BCUT2D eigenvalue weighted by molar-refractivity contribution is 7.16. The van der Waals surface area contributed by atoms with Crippen molar-refractivity contribution in [2.24, 2.45) is 0 Å². The zero-order valence-electron chi connectivity index (χ0n) is 12.4. The number of aromatic hydroxyl groups is 1. The molecule has 0 bridgehead atoms. The normalized spacial score (nSPS) is 11.4. The standard InChI is InChI=1S/C17H15N3O2S/c1-22-14-9-5-8-12(15(14)21)10-13(11-6-3-2-4-7-11)16-19-20-17(18)23-16/h2-10,21H,1H3,(H2,18,20)/b13-10+. The van der Waals surface area contributed by atoms with Crippen molar-refractivity contribution in [3.63, 3.8) is 0 Å². The molecule has 0 fully saturated rings. The number of ether oxygens (including phenoxy) is 1. The summed E-state index contributed by atoms with van der Waals surface area (Å²) in [4.78, 5) is 0. The maximum absolute atomic E-state index is 10.3. The fourth-order valence-corrected chi connectivity index (χ4v) is 2.85. The van der Waals surface area contributed by atoms with Gasteiger partial charge >= 0.3 is 0 Å². The van der Waals surface area contributed by atoms with Crippen molar-refractivity contribution in [2.75, 3.05) is 12.8 Å². The molecule has 0 saturated carbocycles. The lowest BCUT2D eigenvalue weighted by Crippen LogP contribution is -1.89. The molecule has 5 nitrogen and oxygen atoms in total. The van der Waals surface area contributed by atoms with Gasteiger partial charge in [-0.05, 0) is 17.7 Å². The third-order valence-electron chi connectivity index (χ3n) is 3.31. The van der Waals surface area contributed by atoms with Crippen LogP contribution in [-0.4, -0.2) is 22.4 Å². The first kappa shape index (κ1) is 15.1. The number of phenols is 1. The molecule has 0 aliphatic heterocycles. The summed E-state index contributed by atoms with van der Waals surface area (Å²) in [7, 11) is 1.52. The molecule has 6 heteroatoms. The SMILES string of the molecule is COc1cccc(/C=C(\c2ccccc2)c2nnc(N)s2)c1O. The quantitative estimate of drug-likeness (QED) is 0.718. The van der Waals surface area contributed by atoms with Crippen LogP contribution in [0.3, 0.4) is 0 Å². The minimum Gasteiger partial charge on any atom is -0.504 e. The van der Waals surface area contributed by atoms with Crippen molar-refractivity contribution in [1.82, 2.24) is 10.2 Å². The predicted molar refractivity (Wildman–Crippen MR) is 92.4 cm³/mol. The molecule has 0 saturated heterocycles. The van der Waals surface area contributed by atoms with Crippen LogP contribution in [0.4, 0.5) is 5.13 Å². The van der Waals surface area contributed by atoms with Gasteiger partial charge in [-0.2, -0.15) is 0 Å². The second-order valence-electron chi connectivity index (χ2n) is 4.77. The first-order valence-corrected chi connectivity index (χ1v) is 7.73. The van der Waals surface area contributed by atoms with Crippen LogP contribution >= 0.6 is 11.3 Å². The largest absolute Gasteiger partial charge is 0.504 e. The van der Waals surface area contributed by atoms with Crippen molar-refractivity contribution >= 4 is 28.1 Å². The Kier molecular flexibility index (Phi) is 4.25. The van der Waals surface area contributed by atoms with Crippen molar-refractivity contribution in [2.45, 2.75) is 0 Å². The molecule has 3 N–H and O–H groups in total. The topological polar surface area (TPSA) is 81.3 Å². The van der Waals surface area contributed by atoms with E-state index < -0.39 is 0 Å². The fraction of sp³-hybridized carbons (Fsp3) is 0.0588. The Labute approximate surface area is 137 Å². The number of hydrogen-bond acceptors (Lipinski definition) is 6. The van der Waals surface area contributed by atoms with Crippen molar-refractivity contribution in [3.05, 3.63) is 64.7 Å². The molecular weight excluding hydrogens is 310 g/mol. The second kappa shape index (κ2) is 6.50. The summed E-state index contributed by atoms with van der Waals surface area (Å²) in [5, 5.41) is 19.4. The van der Waals surface area contributed by atoms with Gasteiger partial charge in [-0.3, -0.25) is 0 Å². The van der Waals surface area contributed by atoms with E-state index in [0.717, 1.165) is 11.1 Å². The van der Waals surface area contributed by atoms with Crippen LogP contribution < -0.4 is 10.5 Å². The summed E-state index contributed by atoms with van der Waals surface area (Å²) >= 11 is 1.30. The molecule has 0 unspecified atom stereocenters. The summed E-state index contributed by atoms with van der Waals surface area (Å²) in [6, 6.07) is 15.1. The summed E-state index contributed by atoms with van der Waals surface area (Å²) in [6.45, 7) is 0. The Balaban J connectivity index is 2.16. The van der Waals surface area contributed by atoms with E-state index >= 15 is 0 Å². The predicted octanol–water partition coefficient (Wildman–Crippen LogP) is 3.42. The number of nitrogens with two attached hydrogens (primary N) is 1. The molecule has 0 atom stereocenters. The zero-order chi connectivity index (χ0) is 16.2. The Hall–Kier alpha value is -2.86. The number of hydrogen-bond donors (Lipinski definition) is 2. The van der Waals surface area contributed by atoms with Crippen molar-refractivity contribution in [3.8, 4) is 11.5 Å². The van der Waals surface area contributed by atoms with E-state index in [1.54, 1.807) is 6.07 Å². The summed E-state index contributed by atoms with van der Waals surface area (Å²) in [6.07, 6.45) is 1.85. The molecule has 3 rings (SSSR count). The van der Waals surface area contributed by atoms with Gasteiger partial charge in [0.05, 0.1) is 7.11 Å². The van der Waals surface area contributed by atoms with E-state index in [0.29, 0.717) is 21.5 Å². The van der Waals surface area contributed by atoms with Crippen LogP contribution in [0.2, 0.25) is 0 Å². The van der Waals surface area contributed by atoms with Crippen molar-refractivity contribution in [1.29, 1.82) is 0 Å². The lowest BCUT2D eigenvalue weighted by molar-refractivity contribution is 0.373. The van der Waals surface area contributed by atoms with Gasteiger partial charge in [0, 0.05) is 11.1 Å². The molecule has 23 heavy (non-hydrogen) atoms. The molecule has 0 radical (unpaired) electrons. The Morgan fingerprint density at radius 3 is 2.57 bits per heavy atom. The molecule has 0 aliphatic rings. The minimum atomic E-state index is 0.0842. The Morgan fingerprint density at radius 1 is 1.13 bits per heavy atom. The number of aromatic nitrogens is 2. The van der Waals surface area contributed by atoms with Crippen molar-refractivity contribution < 1.29 is 9.84 Å². The number of phenolic OH excluding ortho intramolecular Hbond substituents is 1. The monoisotopic (exact) mass is 325 g/mol. The van der Waals surface area contributed by atoms with Gasteiger partial charge in [-0.15, -0.1) is 10.2 Å². The number of nitrogen functional groups attached to an aromatic ring is 1. The average Bonchev–Trinajstić information content (AvgIpc) is 3.01. The number of nitrogens with zero attached hydrogens (tertiary/aromatic N) is 2. The third-order valence-corrected chi connectivity index (χ3v) is 4.09. The summed E-state index contributed by atoms with van der Waals surface area (Å²) in [5.74, 6) is 0.504. The molecule has 0 spiro atoms. The summed E-state index contributed by atoms with van der Waals surface area (Å²) in [5.41, 5.74) is 8.15. The number of anilines is 1. The lowest BCUT2D eigenvalue weighted by atomic mass is 10.0. The van der Waals surface area contributed by atoms with E-state index in [1.807, 2.05) is 48.5 Å². The minimum absolute atomic E-state index is 0.0842. The van der Waals surface area contributed by atoms with Gasteiger partial charge in [0.15, 0.2) is 11.5 Å². The molecular formula is C17H15N3O2S. The highest BCUT2D eigenvalue weighted by atomic mass is 32.1. The Bertz CT molecular complexity index is 844. The molecule has 1 aromatic heterocycles. The molecule has 2 aromatic carbocycles. The fourth-order valence-electron chi connectivity index (χ4n) is 2.21. The highest BCUT2D eigenvalue weighted by Crippen LogP contribution is 2.35. The molecule has 1 heterocycles. The van der Waals surface area contributed by atoms with Gasteiger partial charge in [0.25, 0.3) is 0 Å². The van der Waals surface area contributed by atoms with E-state index in [-0.39, 0.29) is 5.75 Å². The maximum Gasteiger partial charge on any atom is 0.203 e. The smallest absolute Gasteiger partial charge is 0.203 e. The number of benzene rings is 2. The average molecular weight is 325 g/mol. The van der Waals surface area contributed by atoms with Crippen LogP contribution in [0, 0.1) is 0 Å². The Morgan fingerprint density at radius 2 is 1.91 bits per heavy atom. The van der Waals surface area contributed by atoms with E-state index in [9.17, 15) is 5.11 Å². The number of para-hydroxylation sites is 1. The first-order chi connectivity index (χ1) is 11.2. The van der Waals surface area contributed by atoms with Gasteiger partial charge in [0.2, 0.25) is 5.13 Å². The highest BCUT2D eigenvalue weighted by Gasteiger charge is 2.13. The second-order valence-corrected chi connectivity index (χ2v) is 5.78. The van der Waals surface area contributed by atoms with E-state index in [1.165, 1.54) is 18.4 Å². The first-order valence-electron chi connectivity index (χ1n) is 6.91. The van der Waals surface area contributed by atoms with Crippen LogP contribution in [0.5, 0.6) is 11.5 Å². The number of methoxy groups -OCH3 is 1. The summed E-state index contributed by atoms with van der Waals surface area (Å²) < 4.78 is 5.16. The maximum atomic E-state index is 10.3. The van der Waals surface area contributed by atoms with Crippen LogP contribution in [0.25, 0.3) is 11.6 Å². The van der Waals surface area contributed by atoms with Gasteiger partial charge in [-0.1, -0.05) is 53.8 Å². The van der Waals surface area contributed by atoms with E-state index in [4.69, 9.17) is 10.5 Å². The molecule has 3 aromatic rings. The molecule has 116 valence electrons. The third kappa shape index (κ3) is 3.17. The van der Waals surface area contributed by atoms with Crippen LogP contribution in [0.15, 0.2) is 48.5 Å².